The Hall–Kier alpha value is -3.68. The van der Waals surface area contributed by atoms with Crippen molar-refractivity contribution in [3.8, 4) is 11.1 Å². The summed E-state index contributed by atoms with van der Waals surface area (Å²) in [6.07, 6.45) is 2.14. The average molecular weight is 478 g/mol. The third kappa shape index (κ3) is 5.88. The third-order valence-corrected chi connectivity index (χ3v) is 6.90. The van der Waals surface area contributed by atoms with Gasteiger partial charge in [0.05, 0.1) is 13.5 Å². The molecule has 3 amide bonds. The predicted octanol–water partition coefficient (Wildman–Crippen LogP) is 2.22. The molecular weight excluding hydrogens is 446 g/mol. The number of hydrogen-bond acceptors (Lipinski definition) is 5. The van der Waals surface area contributed by atoms with E-state index in [2.05, 4.69) is 47.0 Å². The van der Waals surface area contributed by atoms with Gasteiger partial charge in [0.25, 0.3) is 0 Å². The van der Waals surface area contributed by atoms with Gasteiger partial charge in [-0.15, -0.1) is 0 Å². The molecule has 2 aliphatic rings. The van der Waals surface area contributed by atoms with E-state index in [0.717, 1.165) is 16.7 Å². The molecule has 0 saturated carbocycles. The summed E-state index contributed by atoms with van der Waals surface area (Å²) >= 11 is 0. The summed E-state index contributed by atoms with van der Waals surface area (Å²) in [6.45, 7) is 0.685. The Kier molecular flexibility index (Phi) is 7.48. The zero-order valence-corrected chi connectivity index (χ0v) is 19.9. The van der Waals surface area contributed by atoms with E-state index in [4.69, 9.17) is 4.74 Å². The summed E-state index contributed by atoms with van der Waals surface area (Å²) in [5.41, 5.74) is 2.83. The minimum absolute atomic E-state index is 0.0146. The maximum Gasteiger partial charge on any atom is 0.308 e. The van der Waals surface area contributed by atoms with E-state index in [1.165, 1.54) is 12.0 Å². The molecule has 35 heavy (non-hydrogen) atoms. The number of carbonyl (C=O) groups is 4. The second kappa shape index (κ2) is 10.7. The largest absolute Gasteiger partial charge is 0.469 e. The fourth-order valence-corrected chi connectivity index (χ4v) is 4.97. The maximum absolute atomic E-state index is 13.1. The van der Waals surface area contributed by atoms with Crippen LogP contribution in [0.3, 0.4) is 0 Å². The fraction of sp³-hybridized carbons (Fsp3) is 0.407. The van der Waals surface area contributed by atoms with E-state index < -0.39 is 17.6 Å². The first-order valence-electron chi connectivity index (χ1n) is 12.0. The van der Waals surface area contributed by atoms with Gasteiger partial charge in [-0.2, -0.15) is 0 Å². The first kappa shape index (κ1) is 24.4. The van der Waals surface area contributed by atoms with Crippen molar-refractivity contribution in [1.29, 1.82) is 0 Å². The lowest BCUT2D eigenvalue weighted by Crippen LogP contribution is -2.58. The number of benzene rings is 2. The van der Waals surface area contributed by atoms with E-state index in [0.29, 0.717) is 38.8 Å². The van der Waals surface area contributed by atoms with E-state index >= 15 is 0 Å². The van der Waals surface area contributed by atoms with Gasteiger partial charge in [0.1, 0.15) is 6.04 Å². The number of methoxy groups -OCH3 is 1. The number of carbonyl (C=O) groups excluding carboxylic acids is 4. The monoisotopic (exact) mass is 477 g/mol. The molecule has 2 fully saturated rings. The van der Waals surface area contributed by atoms with Crippen LogP contribution in [0.1, 0.15) is 37.7 Å². The number of nitrogens with one attached hydrogen (secondary N) is 2. The second-order valence-electron chi connectivity index (χ2n) is 9.24. The Labute approximate surface area is 205 Å². The van der Waals surface area contributed by atoms with Crippen molar-refractivity contribution in [2.24, 2.45) is 0 Å². The van der Waals surface area contributed by atoms with Crippen molar-refractivity contribution in [3.05, 3.63) is 60.2 Å². The SMILES string of the molecule is COC(=O)C[C@H]1C(=O)NCCN1C(=O)CC[C@@]1(Cc2ccc(-c3ccccc3)cc2)CCC(=O)N1. The summed E-state index contributed by atoms with van der Waals surface area (Å²) in [5, 5.41) is 5.83. The standard InChI is InChI=1S/C27H31N3O5/c1-35-25(33)17-22-26(34)28-15-16-30(22)24(32)12-14-27(13-11-23(31)29-27)18-19-7-9-21(10-8-19)20-5-3-2-4-6-20/h2-10,22H,11-18H2,1H3,(H,28,34)(H,29,31)/t22-,27+/m0/s1. The Morgan fingerprint density at radius 2 is 1.77 bits per heavy atom. The van der Waals surface area contributed by atoms with Gasteiger partial charge >= 0.3 is 5.97 Å². The molecule has 184 valence electrons. The Bertz CT molecular complexity index is 1090. The minimum atomic E-state index is -0.872. The number of nitrogens with zero attached hydrogens (tertiary/aromatic N) is 1. The molecule has 2 aromatic carbocycles. The minimum Gasteiger partial charge on any atom is -0.469 e. The van der Waals surface area contributed by atoms with Crippen LogP contribution in [0.2, 0.25) is 0 Å². The van der Waals surface area contributed by atoms with Gasteiger partial charge in [0, 0.05) is 31.5 Å². The van der Waals surface area contributed by atoms with Crippen LogP contribution in [0, 0.1) is 0 Å². The Morgan fingerprint density at radius 3 is 2.43 bits per heavy atom. The van der Waals surface area contributed by atoms with Gasteiger partial charge in [-0.3, -0.25) is 19.2 Å². The highest BCUT2D eigenvalue weighted by Crippen LogP contribution is 2.31. The number of amides is 3. The molecule has 0 aromatic heterocycles. The van der Waals surface area contributed by atoms with Crippen molar-refractivity contribution in [1.82, 2.24) is 15.5 Å². The Morgan fingerprint density at radius 1 is 1.06 bits per heavy atom. The molecule has 2 aromatic rings. The van der Waals surface area contributed by atoms with Crippen LogP contribution >= 0.6 is 0 Å². The van der Waals surface area contributed by atoms with Crippen LogP contribution in [0.5, 0.6) is 0 Å². The van der Waals surface area contributed by atoms with Crippen molar-refractivity contribution in [3.63, 3.8) is 0 Å². The molecular formula is C27H31N3O5. The highest BCUT2D eigenvalue weighted by molar-refractivity contribution is 5.92. The molecule has 2 aliphatic heterocycles. The number of ether oxygens (including phenoxy) is 1. The first-order valence-corrected chi connectivity index (χ1v) is 12.0. The van der Waals surface area contributed by atoms with Crippen molar-refractivity contribution < 1.29 is 23.9 Å². The summed E-state index contributed by atoms with van der Waals surface area (Å²) in [4.78, 5) is 50.9. The van der Waals surface area contributed by atoms with Gasteiger partial charge in [0.15, 0.2) is 0 Å². The molecule has 2 heterocycles. The third-order valence-electron chi connectivity index (χ3n) is 6.90. The van der Waals surface area contributed by atoms with Crippen molar-refractivity contribution >= 4 is 23.7 Å². The normalized spacial score (nSPS) is 21.9. The lowest BCUT2D eigenvalue weighted by molar-refractivity contribution is -0.150. The molecule has 8 nitrogen and oxygen atoms in total. The van der Waals surface area contributed by atoms with Gasteiger partial charge < -0.3 is 20.3 Å². The van der Waals surface area contributed by atoms with Crippen molar-refractivity contribution in [2.45, 2.75) is 50.1 Å². The van der Waals surface area contributed by atoms with Crippen LogP contribution < -0.4 is 10.6 Å². The van der Waals surface area contributed by atoms with E-state index in [1.807, 2.05) is 18.2 Å². The highest BCUT2D eigenvalue weighted by atomic mass is 16.5. The lowest BCUT2D eigenvalue weighted by Gasteiger charge is -2.36. The molecule has 0 bridgehead atoms. The summed E-state index contributed by atoms with van der Waals surface area (Å²) in [7, 11) is 1.26. The molecule has 2 saturated heterocycles. The zero-order chi connectivity index (χ0) is 24.8. The smallest absolute Gasteiger partial charge is 0.308 e. The van der Waals surface area contributed by atoms with Gasteiger partial charge in [0.2, 0.25) is 17.7 Å². The maximum atomic E-state index is 13.1. The molecule has 4 rings (SSSR count). The van der Waals surface area contributed by atoms with Gasteiger partial charge in [-0.1, -0.05) is 54.6 Å². The van der Waals surface area contributed by atoms with Crippen LogP contribution in [-0.2, 0) is 30.3 Å². The molecule has 0 radical (unpaired) electrons. The zero-order valence-electron chi connectivity index (χ0n) is 19.9. The molecule has 0 unspecified atom stereocenters. The second-order valence-corrected chi connectivity index (χ2v) is 9.24. The van der Waals surface area contributed by atoms with Crippen LogP contribution in [0.15, 0.2) is 54.6 Å². The van der Waals surface area contributed by atoms with Crippen molar-refractivity contribution in [2.75, 3.05) is 20.2 Å². The Balaban J connectivity index is 1.44. The topological polar surface area (TPSA) is 105 Å². The summed E-state index contributed by atoms with van der Waals surface area (Å²) in [6, 6.07) is 17.5. The summed E-state index contributed by atoms with van der Waals surface area (Å²) < 4.78 is 4.70. The predicted molar refractivity (Wildman–Crippen MR) is 130 cm³/mol. The van der Waals surface area contributed by atoms with Gasteiger partial charge in [-0.25, -0.2) is 0 Å². The first-order chi connectivity index (χ1) is 16.9. The number of hydrogen-bond donors (Lipinski definition) is 2. The van der Waals surface area contributed by atoms with E-state index in [9.17, 15) is 19.2 Å². The molecule has 0 spiro atoms. The van der Waals surface area contributed by atoms with Crippen LogP contribution in [0.4, 0.5) is 0 Å². The molecule has 2 N–H and O–H groups in total. The molecule has 2 atom stereocenters. The number of piperazine rings is 1. The average Bonchev–Trinajstić information content (AvgIpc) is 3.25. The lowest BCUT2D eigenvalue weighted by atomic mass is 9.84. The van der Waals surface area contributed by atoms with Gasteiger partial charge in [-0.05, 0) is 36.0 Å². The molecule has 0 aliphatic carbocycles. The number of rotatable bonds is 8. The highest BCUT2D eigenvalue weighted by Gasteiger charge is 2.40. The fourth-order valence-electron chi connectivity index (χ4n) is 4.97. The van der Waals surface area contributed by atoms with E-state index in [-0.39, 0.29) is 30.6 Å². The molecule has 8 heteroatoms. The van der Waals surface area contributed by atoms with E-state index in [1.54, 1.807) is 0 Å². The van der Waals surface area contributed by atoms with Crippen LogP contribution in [0.25, 0.3) is 11.1 Å². The quantitative estimate of drug-likeness (QED) is 0.568. The summed E-state index contributed by atoms with van der Waals surface area (Å²) in [5.74, 6) is -1.10. The van der Waals surface area contributed by atoms with Crippen LogP contribution in [-0.4, -0.2) is 60.4 Å². The number of esters is 1.